The minimum atomic E-state index is -3.31. The lowest BCUT2D eigenvalue weighted by Gasteiger charge is -2.38. The van der Waals surface area contributed by atoms with Crippen molar-refractivity contribution in [2.24, 2.45) is 0 Å². The third-order valence-corrected chi connectivity index (χ3v) is 8.21. The van der Waals surface area contributed by atoms with Crippen LogP contribution >= 0.6 is 0 Å². The average Bonchev–Trinajstić information content (AvgIpc) is 3.37. The number of nitrogens with one attached hydrogen (secondary N) is 1. The van der Waals surface area contributed by atoms with E-state index in [0.717, 1.165) is 22.5 Å². The van der Waals surface area contributed by atoms with E-state index in [2.05, 4.69) is 33.1 Å². The number of morpholine rings is 1. The first-order valence-electron chi connectivity index (χ1n) is 11.3. The highest BCUT2D eigenvalue weighted by Gasteiger charge is 2.41. The lowest BCUT2D eigenvalue weighted by atomic mass is 9.73. The summed E-state index contributed by atoms with van der Waals surface area (Å²) in [5.41, 5.74) is 2.14. The van der Waals surface area contributed by atoms with Gasteiger partial charge >= 0.3 is 0 Å². The molecule has 3 aromatic rings. The van der Waals surface area contributed by atoms with E-state index < -0.39 is 15.4 Å². The molecular formula is C23H27N7O3S. The molecule has 0 unspecified atom stereocenters. The first-order chi connectivity index (χ1) is 16.3. The Hall–Kier alpha value is -3.07. The molecule has 11 heteroatoms. The number of fused-ring (bicyclic) bond motifs is 1. The van der Waals surface area contributed by atoms with E-state index in [4.69, 9.17) is 9.72 Å². The van der Waals surface area contributed by atoms with Crippen LogP contribution in [0.2, 0.25) is 0 Å². The molecule has 2 aliphatic heterocycles. The standard InChI is InChI=1S/C23H27N7O3S/c1-16-14-33-12-11-30(16)20-13-18(23(15-24)5-9-29(10-6-23)34(2,31)32)17-3-7-25-22(21(17)27-20)19-4-8-26-28-19/h3-4,7-8,13,16H,5-6,9-12,14H2,1-2H3,(H,26,28)/t16-/m1/s1. The second kappa shape index (κ2) is 8.61. The molecule has 0 spiro atoms. The second-order valence-electron chi connectivity index (χ2n) is 9.03. The predicted molar refractivity (Wildman–Crippen MR) is 128 cm³/mol. The summed E-state index contributed by atoms with van der Waals surface area (Å²) in [5.74, 6) is 0.771. The first kappa shape index (κ1) is 22.7. The van der Waals surface area contributed by atoms with Gasteiger partial charge in [-0.1, -0.05) is 0 Å². The van der Waals surface area contributed by atoms with Crippen molar-refractivity contribution >= 4 is 26.7 Å². The number of hydrogen-bond donors (Lipinski definition) is 1. The van der Waals surface area contributed by atoms with Gasteiger partial charge in [0.05, 0.1) is 42.7 Å². The Kier molecular flexibility index (Phi) is 5.75. The normalized spacial score (nSPS) is 21.4. The third kappa shape index (κ3) is 3.91. The summed E-state index contributed by atoms with van der Waals surface area (Å²) < 4.78 is 31.3. The van der Waals surface area contributed by atoms with Crippen molar-refractivity contribution in [1.82, 2.24) is 24.5 Å². The molecule has 0 bridgehead atoms. The Labute approximate surface area is 198 Å². The molecule has 0 aliphatic carbocycles. The number of piperidine rings is 1. The van der Waals surface area contributed by atoms with Crippen molar-refractivity contribution in [1.29, 1.82) is 5.26 Å². The van der Waals surface area contributed by atoms with Crippen LogP contribution in [0.5, 0.6) is 0 Å². The van der Waals surface area contributed by atoms with Crippen LogP contribution in [0.4, 0.5) is 5.82 Å². The number of sulfonamides is 1. The van der Waals surface area contributed by atoms with E-state index in [-0.39, 0.29) is 6.04 Å². The quantitative estimate of drug-likeness (QED) is 0.600. The molecule has 1 N–H and O–H groups in total. The zero-order valence-electron chi connectivity index (χ0n) is 19.2. The van der Waals surface area contributed by atoms with Crippen LogP contribution in [0, 0.1) is 11.3 Å². The second-order valence-corrected chi connectivity index (χ2v) is 11.0. The number of ether oxygens (including phenoxy) is 1. The zero-order chi connectivity index (χ0) is 23.9. The fourth-order valence-corrected chi connectivity index (χ4v) is 5.82. The molecule has 2 saturated heterocycles. The number of nitrogens with zero attached hydrogens (tertiary/aromatic N) is 6. The Morgan fingerprint density at radius 2 is 2.03 bits per heavy atom. The number of nitriles is 1. The lowest BCUT2D eigenvalue weighted by Crippen LogP contribution is -2.45. The van der Waals surface area contributed by atoms with Crippen LogP contribution in [-0.4, -0.2) is 78.0 Å². The molecule has 3 aromatic heterocycles. The van der Waals surface area contributed by atoms with Gasteiger partial charge in [-0.3, -0.25) is 10.1 Å². The zero-order valence-corrected chi connectivity index (χ0v) is 20.0. The van der Waals surface area contributed by atoms with E-state index >= 15 is 0 Å². The van der Waals surface area contributed by atoms with Crippen molar-refractivity contribution in [3.05, 3.63) is 36.2 Å². The van der Waals surface area contributed by atoms with E-state index in [0.29, 0.717) is 56.9 Å². The van der Waals surface area contributed by atoms with Gasteiger partial charge in [0.1, 0.15) is 17.0 Å². The largest absolute Gasteiger partial charge is 0.377 e. The molecule has 0 amide bonds. The summed E-state index contributed by atoms with van der Waals surface area (Å²) in [6, 6.07) is 8.44. The third-order valence-electron chi connectivity index (χ3n) is 6.91. The van der Waals surface area contributed by atoms with Crippen LogP contribution in [0.1, 0.15) is 25.3 Å². The maximum absolute atomic E-state index is 12.1. The molecule has 2 fully saturated rings. The Bertz CT molecular complexity index is 1340. The van der Waals surface area contributed by atoms with Gasteiger partial charge in [0.2, 0.25) is 10.0 Å². The van der Waals surface area contributed by atoms with Gasteiger partial charge < -0.3 is 9.64 Å². The number of anilines is 1. The van der Waals surface area contributed by atoms with E-state index in [9.17, 15) is 13.7 Å². The van der Waals surface area contributed by atoms with Crippen LogP contribution < -0.4 is 4.90 Å². The lowest BCUT2D eigenvalue weighted by molar-refractivity contribution is 0.0985. The van der Waals surface area contributed by atoms with Crippen LogP contribution in [0.25, 0.3) is 22.3 Å². The molecule has 178 valence electrons. The number of H-pyrrole nitrogens is 1. The average molecular weight is 482 g/mol. The van der Waals surface area contributed by atoms with E-state index in [1.807, 2.05) is 18.2 Å². The highest BCUT2D eigenvalue weighted by Crippen LogP contribution is 2.42. The number of aromatic nitrogens is 4. The molecule has 5 heterocycles. The van der Waals surface area contributed by atoms with E-state index in [1.54, 1.807) is 12.4 Å². The molecule has 0 aromatic carbocycles. The summed E-state index contributed by atoms with van der Waals surface area (Å²) in [6.45, 7) is 4.60. The molecule has 10 nitrogen and oxygen atoms in total. The number of pyridine rings is 2. The Morgan fingerprint density at radius 3 is 2.68 bits per heavy atom. The fourth-order valence-electron chi connectivity index (χ4n) is 4.97. The summed E-state index contributed by atoms with van der Waals surface area (Å²) in [6.07, 6.45) is 5.43. The molecule has 1 atom stereocenters. The minimum Gasteiger partial charge on any atom is -0.377 e. The van der Waals surface area contributed by atoms with Gasteiger partial charge in [-0.25, -0.2) is 17.7 Å². The van der Waals surface area contributed by atoms with E-state index in [1.165, 1.54) is 10.6 Å². The molecule has 2 aliphatic rings. The van der Waals surface area contributed by atoms with Gasteiger partial charge in [-0.15, -0.1) is 0 Å². The van der Waals surface area contributed by atoms with Crippen LogP contribution in [0.3, 0.4) is 0 Å². The van der Waals surface area contributed by atoms with Crippen molar-refractivity contribution in [2.45, 2.75) is 31.2 Å². The summed E-state index contributed by atoms with van der Waals surface area (Å²) >= 11 is 0. The monoisotopic (exact) mass is 481 g/mol. The summed E-state index contributed by atoms with van der Waals surface area (Å²) in [4.78, 5) is 11.8. The predicted octanol–water partition coefficient (Wildman–Crippen LogP) is 2.06. The highest BCUT2D eigenvalue weighted by atomic mass is 32.2. The Balaban J connectivity index is 1.70. The van der Waals surface area contributed by atoms with Gasteiger partial charge in [-0.2, -0.15) is 10.4 Å². The number of rotatable bonds is 4. The van der Waals surface area contributed by atoms with Gasteiger partial charge in [0.15, 0.2) is 0 Å². The molecule has 0 radical (unpaired) electrons. The molecular weight excluding hydrogens is 454 g/mol. The van der Waals surface area contributed by atoms with Crippen molar-refractivity contribution in [3.8, 4) is 17.5 Å². The molecule has 5 rings (SSSR count). The summed E-state index contributed by atoms with van der Waals surface area (Å²) in [7, 11) is -3.31. The summed E-state index contributed by atoms with van der Waals surface area (Å²) in [5, 5.41) is 18.3. The fraction of sp³-hybridized carbons (Fsp3) is 0.478. The van der Waals surface area contributed by atoms with Crippen LogP contribution in [-0.2, 0) is 20.2 Å². The van der Waals surface area contributed by atoms with Crippen LogP contribution in [0.15, 0.2) is 30.6 Å². The van der Waals surface area contributed by atoms with Crippen molar-refractivity contribution in [2.75, 3.05) is 44.0 Å². The minimum absolute atomic E-state index is 0.129. The number of aromatic amines is 1. The van der Waals surface area contributed by atoms with Gasteiger partial charge in [-0.05, 0) is 43.5 Å². The molecule has 34 heavy (non-hydrogen) atoms. The topological polar surface area (TPSA) is 128 Å². The smallest absolute Gasteiger partial charge is 0.211 e. The maximum Gasteiger partial charge on any atom is 0.211 e. The highest BCUT2D eigenvalue weighted by molar-refractivity contribution is 7.88. The SMILES string of the molecule is C[C@@H]1COCCN1c1cc(C2(C#N)CCN(S(C)(=O)=O)CC2)c2ccnc(-c3ccn[nH]3)c2n1. The van der Waals surface area contributed by atoms with Crippen molar-refractivity contribution in [3.63, 3.8) is 0 Å². The first-order valence-corrected chi connectivity index (χ1v) is 13.2. The van der Waals surface area contributed by atoms with Crippen molar-refractivity contribution < 1.29 is 13.2 Å². The maximum atomic E-state index is 12.1. The molecule has 0 saturated carbocycles. The number of hydrogen-bond acceptors (Lipinski definition) is 8. The van der Waals surface area contributed by atoms with Gasteiger partial charge in [0.25, 0.3) is 0 Å². The Morgan fingerprint density at radius 1 is 1.24 bits per heavy atom. The van der Waals surface area contributed by atoms with Gasteiger partial charge in [0, 0.05) is 37.4 Å².